The third-order valence-corrected chi connectivity index (χ3v) is 5.77. The molecule has 176 valence electrons. The van der Waals surface area contributed by atoms with Gasteiger partial charge in [-0.2, -0.15) is 18.3 Å². The zero-order valence-electron chi connectivity index (χ0n) is 17.8. The Morgan fingerprint density at radius 3 is 2.83 bits per heavy atom. The van der Waals surface area contributed by atoms with E-state index < -0.39 is 23.7 Å². The standard InChI is InChI=1S/C22H15F3N8O2/c23-22(24,25)12-4-8-33-13(9-12)10-16(31-33)18-17-14(27-11-28-17)5-7-32(18)21(34)20-30-29-19(35-20)15-3-1-2-6-26-15/h1-4,6,8-11,18H,5,7H2,(H,27,28). The Balaban J connectivity index is 1.39. The molecular formula is C22H15F3N8O2. The molecule has 0 aliphatic carbocycles. The highest BCUT2D eigenvalue weighted by Gasteiger charge is 2.38. The van der Waals surface area contributed by atoms with Crippen LogP contribution in [0.15, 0.2) is 59.5 Å². The van der Waals surface area contributed by atoms with Crippen molar-refractivity contribution in [1.29, 1.82) is 0 Å². The van der Waals surface area contributed by atoms with Crippen LogP contribution in [0.5, 0.6) is 0 Å². The summed E-state index contributed by atoms with van der Waals surface area (Å²) in [6, 6.07) is 7.86. The van der Waals surface area contributed by atoms with Crippen molar-refractivity contribution in [2.45, 2.75) is 18.6 Å². The van der Waals surface area contributed by atoms with E-state index in [0.717, 1.165) is 17.8 Å². The topological polar surface area (TPSA) is 118 Å². The van der Waals surface area contributed by atoms with Gasteiger partial charge in [0.25, 0.3) is 5.89 Å². The van der Waals surface area contributed by atoms with Crippen LogP contribution >= 0.6 is 0 Å². The number of rotatable bonds is 3. The molecule has 5 aromatic rings. The van der Waals surface area contributed by atoms with E-state index in [1.54, 1.807) is 24.4 Å². The van der Waals surface area contributed by atoms with E-state index in [-0.39, 0.29) is 23.8 Å². The minimum absolute atomic E-state index is 0.0929. The molecule has 1 aliphatic heterocycles. The second-order valence-electron chi connectivity index (χ2n) is 7.90. The van der Waals surface area contributed by atoms with Gasteiger partial charge < -0.3 is 14.3 Å². The van der Waals surface area contributed by atoms with Gasteiger partial charge in [-0.25, -0.2) is 9.50 Å². The van der Waals surface area contributed by atoms with Gasteiger partial charge in [-0.1, -0.05) is 6.07 Å². The van der Waals surface area contributed by atoms with Crippen LogP contribution in [0.1, 0.15) is 39.4 Å². The second-order valence-corrected chi connectivity index (χ2v) is 7.90. The van der Waals surface area contributed by atoms with Gasteiger partial charge in [-0.05, 0) is 30.3 Å². The number of alkyl halides is 3. The number of pyridine rings is 2. The monoisotopic (exact) mass is 480 g/mol. The first kappa shape index (κ1) is 21.0. The van der Waals surface area contributed by atoms with Crippen molar-refractivity contribution >= 4 is 11.4 Å². The smallest absolute Gasteiger partial charge is 0.411 e. The molecular weight excluding hydrogens is 465 g/mol. The third kappa shape index (κ3) is 3.61. The number of H-pyrrole nitrogens is 1. The molecule has 0 radical (unpaired) electrons. The first-order valence-electron chi connectivity index (χ1n) is 10.5. The van der Waals surface area contributed by atoms with Crippen molar-refractivity contribution in [1.82, 2.24) is 39.7 Å². The van der Waals surface area contributed by atoms with Gasteiger partial charge in [0.15, 0.2) is 0 Å². The molecule has 6 rings (SSSR count). The summed E-state index contributed by atoms with van der Waals surface area (Å²) >= 11 is 0. The Hall–Kier alpha value is -4.55. The lowest BCUT2D eigenvalue weighted by atomic mass is 9.99. The Bertz CT molecular complexity index is 1540. The minimum atomic E-state index is -4.49. The van der Waals surface area contributed by atoms with Crippen LogP contribution in [0.3, 0.4) is 0 Å². The Morgan fingerprint density at radius 1 is 1.14 bits per heavy atom. The van der Waals surface area contributed by atoms with Crippen molar-refractivity contribution in [3.8, 4) is 11.6 Å². The molecule has 13 heteroatoms. The molecule has 1 N–H and O–H groups in total. The zero-order valence-corrected chi connectivity index (χ0v) is 17.8. The van der Waals surface area contributed by atoms with Crippen molar-refractivity contribution in [2.75, 3.05) is 6.54 Å². The summed E-state index contributed by atoms with van der Waals surface area (Å²) in [5.74, 6) is -0.695. The highest BCUT2D eigenvalue weighted by molar-refractivity contribution is 5.90. The highest BCUT2D eigenvalue weighted by atomic mass is 19.4. The van der Waals surface area contributed by atoms with Gasteiger partial charge in [0.1, 0.15) is 11.7 Å². The molecule has 0 saturated heterocycles. The molecule has 1 aliphatic rings. The highest BCUT2D eigenvalue weighted by Crippen LogP contribution is 2.35. The fraction of sp³-hybridized carbons (Fsp3) is 0.182. The fourth-order valence-electron chi connectivity index (χ4n) is 4.14. The summed E-state index contributed by atoms with van der Waals surface area (Å²) in [4.78, 5) is 26.5. The molecule has 1 unspecified atom stereocenters. The Labute approximate surface area is 194 Å². The van der Waals surface area contributed by atoms with Crippen molar-refractivity contribution in [3.05, 3.63) is 83.7 Å². The van der Waals surface area contributed by atoms with Gasteiger partial charge in [-0.3, -0.25) is 9.78 Å². The molecule has 0 saturated carbocycles. The number of imidazole rings is 1. The van der Waals surface area contributed by atoms with Crippen LogP contribution in [0.4, 0.5) is 13.2 Å². The summed E-state index contributed by atoms with van der Waals surface area (Å²) in [7, 11) is 0. The van der Waals surface area contributed by atoms with Crippen LogP contribution in [-0.2, 0) is 12.6 Å². The maximum atomic E-state index is 13.4. The Kier molecular flexibility index (Phi) is 4.65. The summed E-state index contributed by atoms with van der Waals surface area (Å²) < 4.78 is 46.5. The maximum absolute atomic E-state index is 13.4. The number of fused-ring (bicyclic) bond motifs is 2. The van der Waals surface area contributed by atoms with E-state index in [0.29, 0.717) is 23.5 Å². The van der Waals surface area contributed by atoms with E-state index >= 15 is 0 Å². The number of amides is 1. The molecule has 35 heavy (non-hydrogen) atoms. The normalized spacial score (nSPS) is 16.0. The number of aromatic nitrogens is 7. The van der Waals surface area contributed by atoms with Gasteiger partial charge in [0, 0.05) is 31.1 Å². The van der Waals surface area contributed by atoms with Gasteiger partial charge in [0.05, 0.1) is 28.8 Å². The SMILES string of the molecule is O=C(c1nnc(-c2ccccn2)o1)N1CCc2[nH]cnc2C1c1cc2cc(C(F)(F)F)ccn2n1. The van der Waals surface area contributed by atoms with Crippen molar-refractivity contribution < 1.29 is 22.4 Å². The molecule has 6 heterocycles. The van der Waals surface area contributed by atoms with Crippen LogP contribution in [0.25, 0.3) is 17.1 Å². The molecule has 0 bridgehead atoms. The van der Waals surface area contributed by atoms with Crippen LogP contribution in [0, 0.1) is 0 Å². The molecule has 1 amide bonds. The van der Waals surface area contributed by atoms with E-state index in [1.807, 2.05) is 0 Å². The van der Waals surface area contributed by atoms with E-state index in [2.05, 4.69) is 30.2 Å². The minimum Gasteiger partial charge on any atom is -0.411 e. The lowest BCUT2D eigenvalue weighted by molar-refractivity contribution is -0.137. The second kappa shape index (κ2) is 7.75. The summed E-state index contributed by atoms with van der Waals surface area (Å²) in [5, 5.41) is 12.3. The number of nitrogens with one attached hydrogen (secondary N) is 1. The van der Waals surface area contributed by atoms with Crippen LogP contribution in [0.2, 0.25) is 0 Å². The summed E-state index contributed by atoms with van der Waals surface area (Å²) in [6.45, 7) is 0.279. The predicted molar refractivity (Wildman–Crippen MR) is 113 cm³/mol. The maximum Gasteiger partial charge on any atom is 0.416 e. The number of aromatic amines is 1. The molecule has 0 fully saturated rings. The van der Waals surface area contributed by atoms with E-state index in [4.69, 9.17) is 4.42 Å². The molecule has 5 aromatic heterocycles. The van der Waals surface area contributed by atoms with Crippen molar-refractivity contribution in [2.24, 2.45) is 0 Å². The average Bonchev–Trinajstić information content (AvgIpc) is 3.61. The third-order valence-electron chi connectivity index (χ3n) is 5.77. The lowest BCUT2D eigenvalue weighted by Crippen LogP contribution is -2.41. The number of carbonyl (C=O) groups is 1. The van der Waals surface area contributed by atoms with Gasteiger partial charge in [0.2, 0.25) is 0 Å². The zero-order chi connectivity index (χ0) is 24.2. The van der Waals surface area contributed by atoms with Crippen LogP contribution in [-0.4, -0.2) is 52.1 Å². The number of halogens is 3. The largest absolute Gasteiger partial charge is 0.416 e. The van der Waals surface area contributed by atoms with Crippen LogP contribution < -0.4 is 0 Å². The summed E-state index contributed by atoms with van der Waals surface area (Å²) in [5.41, 5.74) is 1.58. The quantitative estimate of drug-likeness (QED) is 0.421. The van der Waals surface area contributed by atoms with Gasteiger partial charge in [-0.15, -0.1) is 10.2 Å². The summed E-state index contributed by atoms with van der Waals surface area (Å²) in [6.07, 6.45) is 0.310. The van der Waals surface area contributed by atoms with Gasteiger partial charge >= 0.3 is 18.0 Å². The first-order chi connectivity index (χ1) is 16.9. The van der Waals surface area contributed by atoms with Crippen molar-refractivity contribution in [3.63, 3.8) is 0 Å². The number of hydrogen-bond donors (Lipinski definition) is 1. The van der Waals surface area contributed by atoms with E-state index in [9.17, 15) is 18.0 Å². The number of hydrogen-bond acceptors (Lipinski definition) is 7. The predicted octanol–water partition coefficient (Wildman–Crippen LogP) is 3.31. The number of carbonyl (C=O) groups excluding carboxylic acids is 1. The molecule has 0 aromatic carbocycles. The molecule has 1 atom stereocenters. The molecule has 10 nitrogen and oxygen atoms in total. The average molecular weight is 480 g/mol. The first-order valence-corrected chi connectivity index (χ1v) is 10.5. The lowest BCUT2D eigenvalue weighted by Gasteiger charge is -2.32. The Morgan fingerprint density at radius 2 is 2.03 bits per heavy atom. The molecule has 0 spiro atoms. The number of nitrogens with zero attached hydrogens (tertiary/aromatic N) is 7. The van der Waals surface area contributed by atoms with E-state index in [1.165, 1.54) is 28.0 Å². The fourth-order valence-corrected chi connectivity index (χ4v) is 4.14.